The third-order valence-corrected chi connectivity index (χ3v) is 3.42. The Balaban J connectivity index is 1.72. The molecule has 0 spiro atoms. The summed E-state index contributed by atoms with van der Waals surface area (Å²) >= 11 is 0. The highest BCUT2D eigenvalue weighted by Gasteiger charge is 2.23. The second kappa shape index (κ2) is 5.97. The van der Waals surface area contributed by atoms with Crippen molar-refractivity contribution in [2.45, 2.75) is 25.8 Å². The van der Waals surface area contributed by atoms with Crippen LogP contribution >= 0.6 is 0 Å². The Hall–Kier alpha value is -2.69. The minimum atomic E-state index is -0.288. The molecule has 0 radical (unpaired) electrons. The standard InChI is InChI=1S/C17H17N3O2/c1-11-4-2-7-15(18-11)17(22)20-14-6-3-5-12(10-14)16(21)19-13-8-9-13/h2-7,10,13H,8-9H2,1H3,(H,19,21)(H,20,22). The Morgan fingerprint density at radius 2 is 1.86 bits per heavy atom. The number of carbonyl (C=O) groups is 2. The SMILES string of the molecule is Cc1cccc(C(=O)Nc2cccc(C(=O)NC3CC3)c2)n1. The number of nitrogens with zero attached hydrogens (tertiary/aromatic N) is 1. The molecule has 1 aliphatic rings. The maximum atomic E-state index is 12.2. The van der Waals surface area contributed by atoms with Crippen molar-refractivity contribution in [2.75, 3.05) is 5.32 Å². The number of anilines is 1. The number of nitrogens with one attached hydrogen (secondary N) is 2. The number of pyridine rings is 1. The van der Waals surface area contributed by atoms with Crippen molar-refractivity contribution in [3.05, 3.63) is 59.4 Å². The molecule has 5 nitrogen and oxygen atoms in total. The lowest BCUT2D eigenvalue weighted by atomic mass is 10.2. The molecule has 112 valence electrons. The average Bonchev–Trinajstić information content (AvgIpc) is 3.31. The quantitative estimate of drug-likeness (QED) is 0.910. The Bertz CT molecular complexity index is 723. The first-order chi connectivity index (χ1) is 10.6. The van der Waals surface area contributed by atoms with Crippen LogP contribution in [0.5, 0.6) is 0 Å². The molecule has 1 fully saturated rings. The van der Waals surface area contributed by atoms with E-state index < -0.39 is 0 Å². The predicted molar refractivity (Wildman–Crippen MR) is 83.9 cm³/mol. The van der Waals surface area contributed by atoms with Crippen molar-refractivity contribution in [3.63, 3.8) is 0 Å². The molecule has 0 bridgehead atoms. The minimum Gasteiger partial charge on any atom is -0.349 e. The van der Waals surface area contributed by atoms with E-state index in [0.29, 0.717) is 23.0 Å². The maximum Gasteiger partial charge on any atom is 0.274 e. The van der Waals surface area contributed by atoms with Crippen LogP contribution in [0.1, 0.15) is 39.4 Å². The zero-order valence-corrected chi connectivity index (χ0v) is 12.3. The van der Waals surface area contributed by atoms with Gasteiger partial charge in [0.25, 0.3) is 11.8 Å². The number of aromatic nitrogens is 1. The Morgan fingerprint density at radius 3 is 2.59 bits per heavy atom. The van der Waals surface area contributed by atoms with Gasteiger partial charge in [-0.1, -0.05) is 12.1 Å². The van der Waals surface area contributed by atoms with E-state index in [9.17, 15) is 9.59 Å². The number of aryl methyl sites for hydroxylation is 1. The first-order valence-electron chi connectivity index (χ1n) is 7.28. The van der Waals surface area contributed by atoms with Gasteiger partial charge < -0.3 is 10.6 Å². The van der Waals surface area contributed by atoms with E-state index in [1.54, 1.807) is 36.4 Å². The van der Waals surface area contributed by atoms with E-state index >= 15 is 0 Å². The van der Waals surface area contributed by atoms with Crippen molar-refractivity contribution in [3.8, 4) is 0 Å². The normalized spacial score (nSPS) is 13.5. The van der Waals surface area contributed by atoms with E-state index in [1.807, 2.05) is 13.0 Å². The summed E-state index contributed by atoms with van der Waals surface area (Å²) in [6, 6.07) is 12.5. The van der Waals surface area contributed by atoms with Crippen molar-refractivity contribution >= 4 is 17.5 Å². The number of rotatable bonds is 4. The fourth-order valence-electron chi connectivity index (χ4n) is 2.10. The Kier molecular flexibility index (Phi) is 3.87. The number of carbonyl (C=O) groups excluding carboxylic acids is 2. The molecule has 1 aromatic carbocycles. The van der Waals surface area contributed by atoms with Crippen molar-refractivity contribution < 1.29 is 9.59 Å². The summed E-state index contributed by atoms with van der Waals surface area (Å²) in [7, 11) is 0. The van der Waals surface area contributed by atoms with Crippen LogP contribution < -0.4 is 10.6 Å². The minimum absolute atomic E-state index is 0.104. The van der Waals surface area contributed by atoms with E-state index in [0.717, 1.165) is 18.5 Å². The summed E-state index contributed by atoms with van der Waals surface area (Å²) < 4.78 is 0. The van der Waals surface area contributed by atoms with Crippen LogP contribution in [0.2, 0.25) is 0 Å². The molecule has 0 aliphatic heterocycles. The molecule has 5 heteroatoms. The van der Waals surface area contributed by atoms with Crippen LogP contribution in [0, 0.1) is 6.92 Å². The lowest BCUT2D eigenvalue weighted by Gasteiger charge is -2.08. The third-order valence-electron chi connectivity index (χ3n) is 3.42. The zero-order valence-electron chi connectivity index (χ0n) is 12.3. The molecule has 1 heterocycles. The molecule has 3 rings (SSSR count). The zero-order chi connectivity index (χ0) is 15.5. The summed E-state index contributed by atoms with van der Waals surface area (Å²) in [5.74, 6) is -0.393. The largest absolute Gasteiger partial charge is 0.349 e. The van der Waals surface area contributed by atoms with Crippen LogP contribution in [-0.2, 0) is 0 Å². The highest BCUT2D eigenvalue weighted by atomic mass is 16.2. The summed E-state index contributed by atoms with van der Waals surface area (Å²) in [6.07, 6.45) is 2.09. The third kappa shape index (κ3) is 3.49. The molecule has 2 aromatic rings. The number of benzene rings is 1. The fraction of sp³-hybridized carbons (Fsp3) is 0.235. The van der Waals surface area contributed by atoms with E-state index in [4.69, 9.17) is 0 Å². The van der Waals surface area contributed by atoms with Gasteiger partial charge in [-0.05, 0) is 50.1 Å². The molecule has 2 amide bonds. The van der Waals surface area contributed by atoms with Gasteiger partial charge in [0.05, 0.1) is 0 Å². The molecule has 0 unspecified atom stereocenters. The maximum absolute atomic E-state index is 12.2. The predicted octanol–water partition coefficient (Wildman–Crippen LogP) is 2.53. The molecule has 22 heavy (non-hydrogen) atoms. The van der Waals surface area contributed by atoms with Crippen molar-refractivity contribution in [1.29, 1.82) is 0 Å². The highest BCUT2D eigenvalue weighted by Crippen LogP contribution is 2.20. The lowest BCUT2D eigenvalue weighted by molar-refractivity contribution is 0.0949. The number of hydrogen-bond donors (Lipinski definition) is 2. The van der Waals surface area contributed by atoms with Gasteiger partial charge in [-0.3, -0.25) is 9.59 Å². The van der Waals surface area contributed by atoms with Crippen LogP contribution in [0.15, 0.2) is 42.5 Å². The number of amides is 2. The van der Waals surface area contributed by atoms with Gasteiger partial charge in [0.1, 0.15) is 5.69 Å². The summed E-state index contributed by atoms with van der Waals surface area (Å²) in [5.41, 5.74) is 2.26. The Morgan fingerprint density at radius 1 is 1.09 bits per heavy atom. The van der Waals surface area contributed by atoms with Gasteiger partial charge >= 0.3 is 0 Å². The molecule has 1 saturated carbocycles. The average molecular weight is 295 g/mol. The van der Waals surface area contributed by atoms with Crippen LogP contribution in [-0.4, -0.2) is 22.8 Å². The van der Waals surface area contributed by atoms with Crippen LogP contribution in [0.4, 0.5) is 5.69 Å². The molecule has 0 saturated heterocycles. The lowest BCUT2D eigenvalue weighted by Crippen LogP contribution is -2.25. The second-order valence-corrected chi connectivity index (χ2v) is 5.45. The van der Waals surface area contributed by atoms with Gasteiger partial charge in [0.15, 0.2) is 0 Å². The van der Waals surface area contributed by atoms with Gasteiger partial charge in [0, 0.05) is 23.0 Å². The summed E-state index contributed by atoms with van der Waals surface area (Å²) in [6.45, 7) is 1.83. The smallest absolute Gasteiger partial charge is 0.274 e. The summed E-state index contributed by atoms with van der Waals surface area (Å²) in [4.78, 5) is 28.4. The Labute approximate surface area is 128 Å². The van der Waals surface area contributed by atoms with Gasteiger partial charge in [-0.25, -0.2) is 4.98 Å². The first-order valence-corrected chi connectivity index (χ1v) is 7.28. The molecule has 1 aliphatic carbocycles. The first kappa shape index (κ1) is 14.3. The highest BCUT2D eigenvalue weighted by molar-refractivity contribution is 6.04. The van der Waals surface area contributed by atoms with Crippen LogP contribution in [0.25, 0.3) is 0 Å². The van der Waals surface area contributed by atoms with Gasteiger partial charge in [-0.15, -0.1) is 0 Å². The van der Waals surface area contributed by atoms with E-state index in [1.165, 1.54) is 0 Å². The topological polar surface area (TPSA) is 71.1 Å². The fourth-order valence-corrected chi connectivity index (χ4v) is 2.10. The van der Waals surface area contributed by atoms with Gasteiger partial charge in [-0.2, -0.15) is 0 Å². The van der Waals surface area contributed by atoms with Crippen molar-refractivity contribution in [1.82, 2.24) is 10.3 Å². The summed E-state index contributed by atoms with van der Waals surface area (Å²) in [5, 5.41) is 5.69. The van der Waals surface area contributed by atoms with E-state index in [2.05, 4.69) is 15.6 Å². The van der Waals surface area contributed by atoms with E-state index in [-0.39, 0.29) is 11.8 Å². The van der Waals surface area contributed by atoms with Gasteiger partial charge in [0.2, 0.25) is 0 Å². The van der Waals surface area contributed by atoms with Crippen LogP contribution in [0.3, 0.4) is 0 Å². The molecule has 0 atom stereocenters. The molecule has 2 N–H and O–H groups in total. The molecular weight excluding hydrogens is 278 g/mol. The second-order valence-electron chi connectivity index (χ2n) is 5.45. The van der Waals surface area contributed by atoms with Crippen molar-refractivity contribution in [2.24, 2.45) is 0 Å². The molecule has 1 aromatic heterocycles. The molecular formula is C17H17N3O2. The number of hydrogen-bond acceptors (Lipinski definition) is 3. The monoisotopic (exact) mass is 295 g/mol.